The van der Waals surface area contributed by atoms with Crippen LogP contribution in [0.5, 0.6) is 0 Å². The third-order valence-electron chi connectivity index (χ3n) is 4.97. The lowest BCUT2D eigenvalue weighted by molar-refractivity contribution is 0.0381. The van der Waals surface area contributed by atoms with Gasteiger partial charge in [-0.25, -0.2) is 4.79 Å². The van der Waals surface area contributed by atoms with Gasteiger partial charge in [0.1, 0.15) is 0 Å². The standard InChI is InChI=1S/C16H18BrClN2O3/c17-12-10-11(2-3-13(12)18)14(21)20-7-1-4-16(20)5-8-19(9-6-16)15(22)23/h2-3,10H,1,4-9H2,(H,22,23). The number of rotatable bonds is 1. The van der Waals surface area contributed by atoms with Crippen LogP contribution < -0.4 is 0 Å². The number of likely N-dealkylation sites (tertiary alicyclic amines) is 2. The van der Waals surface area contributed by atoms with Gasteiger partial charge in [0, 0.05) is 35.2 Å². The minimum absolute atomic E-state index is 0.00337. The molecule has 23 heavy (non-hydrogen) atoms. The molecule has 2 saturated heterocycles. The van der Waals surface area contributed by atoms with E-state index in [4.69, 9.17) is 16.7 Å². The molecule has 0 atom stereocenters. The SMILES string of the molecule is O=C(O)N1CCC2(CCCN2C(=O)c2ccc(Cl)c(Br)c2)CC1. The molecule has 1 spiro atoms. The molecule has 2 heterocycles. The first-order valence-electron chi connectivity index (χ1n) is 7.68. The minimum atomic E-state index is -0.877. The maximum atomic E-state index is 12.9. The van der Waals surface area contributed by atoms with Gasteiger partial charge in [-0.1, -0.05) is 11.6 Å². The van der Waals surface area contributed by atoms with E-state index in [0.29, 0.717) is 41.0 Å². The highest BCUT2D eigenvalue weighted by molar-refractivity contribution is 9.10. The second-order valence-electron chi connectivity index (χ2n) is 6.18. The molecule has 1 aromatic carbocycles. The molecule has 5 nitrogen and oxygen atoms in total. The summed E-state index contributed by atoms with van der Waals surface area (Å²) in [4.78, 5) is 27.4. The largest absolute Gasteiger partial charge is 0.465 e. The number of benzene rings is 1. The first-order chi connectivity index (χ1) is 10.9. The van der Waals surface area contributed by atoms with Crippen LogP contribution in [0.2, 0.25) is 5.02 Å². The zero-order valence-corrected chi connectivity index (χ0v) is 14.9. The lowest BCUT2D eigenvalue weighted by Gasteiger charge is -2.44. The van der Waals surface area contributed by atoms with Gasteiger partial charge in [0.05, 0.1) is 5.02 Å². The highest BCUT2D eigenvalue weighted by atomic mass is 79.9. The van der Waals surface area contributed by atoms with E-state index in [9.17, 15) is 9.59 Å². The van der Waals surface area contributed by atoms with Gasteiger partial charge in [-0.2, -0.15) is 0 Å². The first kappa shape index (κ1) is 16.6. The van der Waals surface area contributed by atoms with Crippen LogP contribution in [0, 0.1) is 0 Å². The Morgan fingerprint density at radius 3 is 2.48 bits per heavy atom. The summed E-state index contributed by atoms with van der Waals surface area (Å²) in [6.45, 7) is 1.71. The lowest BCUT2D eigenvalue weighted by Crippen LogP contribution is -2.54. The number of hydrogen-bond donors (Lipinski definition) is 1. The van der Waals surface area contributed by atoms with E-state index in [1.165, 1.54) is 4.90 Å². The third kappa shape index (κ3) is 3.06. The van der Waals surface area contributed by atoms with Crippen LogP contribution in [-0.4, -0.2) is 52.1 Å². The number of hydrogen-bond acceptors (Lipinski definition) is 2. The van der Waals surface area contributed by atoms with Gasteiger partial charge in [-0.3, -0.25) is 4.79 Å². The minimum Gasteiger partial charge on any atom is -0.465 e. The van der Waals surface area contributed by atoms with Gasteiger partial charge in [-0.05, 0) is 59.8 Å². The Labute approximate surface area is 148 Å². The molecular formula is C16H18BrClN2O3. The molecule has 0 radical (unpaired) electrons. The average Bonchev–Trinajstić information content (AvgIpc) is 2.93. The highest BCUT2D eigenvalue weighted by Gasteiger charge is 2.46. The Kier molecular flexibility index (Phi) is 4.56. The summed E-state index contributed by atoms with van der Waals surface area (Å²) in [5.74, 6) is 0.00337. The Bertz CT molecular complexity index is 644. The monoisotopic (exact) mass is 400 g/mol. The summed E-state index contributed by atoms with van der Waals surface area (Å²) >= 11 is 9.36. The summed E-state index contributed by atoms with van der Waals surface area (Å²) in [6, 6.07) is 5.21. The molecule has 2 aliphatic rings. The number of amides is 2. The van der Waals surface area contributed by atoms with Crippen molar-refractivity contribution in [3.05, 3.63) is 33.3 Å². The molecule has 7 heteroatoms. The van der Waals surface area contributed by atoms with Crippen molar-refractivity contribution in [1.29, 1.82) is 0 Å². The van der Waals surface area contributed by atoms with Crippen molar-refractivity contribution in [2.75, 3.05) is 19.6 Å². The van der Waals surface area contributed by atoms with E-state index in [-0.39, 0.29) is 11.4 Å². The van der Waals surface area contributed by atoms with Crippen molar-refractivity contribution < 1.29 is 14.7 Å². The number of nitrogens with zero attached hydrogens (tertiary/aromatic N) is 2. The van der Waals surface area contributed by atoms with Gasteiger partial charge in [0.2, 0.25) is 0 Å². The summed E-state index contributed by atoms with van der Waals surface area (Å²) in [6.07, 6.45) is 2.45. The van der Waals surface area contributed by atoms with Crippen LogP contribution >= 0.6 is 27.5 Å². The molecule has 2 fully saturated rings. The molecule has 2 amide bonds. The maximum Gasteiger partial charge on any atom is 0.407 e. The molecule has 0 aliphatic carbocycles. The summed E-state index contributed by atoms with van der Waals surface area (Å²) in [7, 11) is 0. The third-order valence-corrected chi connectivity index (χ3v) is 6.19. The molecule has 0 bridgehead atoms. The topological polar surface area (TPSA) is 60.9 Å². The fourth-order valence-corrected chi connectivity index (χ4v) is 4.17. The Morgan fingerprint density at radius 2 is 1.87 bits per heavy atom. The van der Waals surface area contributed by atoms with Crippen LogP contribution in [0.15, 0.2) is 22.7 Å². The van der Waals surface area contributed by atoms with Crippen molar-refractivity contribution in [2.45, 2.75) is 31.2 Å². The van der Waals surface area contributed by atoms with E-state index in [0.717, 1.165) is 19.4 Å². The van der Waals surface area contributed by atoms with Gasteiger partial charge in [0.25, 0.3) is 5.91 Å². The van der Waals surface area contributed by atoms with Crippen LogP contribution in [-0.2, 0) is 0 Å². The molecule has 0 aromatic heterocycles. The number of piperidine rings is 1. The van der Waals surface area contributed by atoms with Crippen LogP contribution in [0.1, 0.15) is 36.0 Å². The zero-order valence-electron chi connectivity index (χ0n) is 12.6. The van der Waals surface area contributed by atoms with E-state index in [1.54, 1.807) is 18.2 Å². The summed E-state index contributed by atoms with van der Waals surface area (Å²) in [5.41, 5.74) is 0.415. The van der Waals surface area contributed by atoms with E-state index < -0.39 is 6.09 Å². The predicted octanol–water partition coefficient (Wildman–Crippen LogP) is 3.85. The maximum absolute atomic E-state index is 12.9. The molecule has 2 aliphatic heterocycles. The normalized spacial score (nSPS) is 20.1. The summed E-state index contributed by atoms with van der Waals surface area (Å²) in [5, 5.41) is 9.68. The Hall–Kier alpha value is -1.27. The first-order valence-corrected chi connectivity index (χ1v) is 8.85. The van der Waals surface area contributed by atoms with Crippen LogP contribution in [0.25, 0.3) is 0 Å². The number of halogens is 2. The van der Waals surface area contributed by atoms with Gasteiger partial charge < -0.3 is 14.9 Å². The van der Waals surface area contributed by atoms with E-state index in [2.05, 4.69) is 15.9 Å². The molecule has 0 saturated carbocycles. The average molecular weight is 402 g/mol. The number of carbonyl (C=O) groups is 2. The number of carboxylic acid groups (broad SMARTS) is 1. The second-order valence-corrected chi connectivity index (χ2v) is 7.44. The van der Waals surface area contributed by atoms with Crippen molar-refractivity contribution in [1.82, 2.24) is 9.80 Å². The Balaban J connectivity index is 1.80. The fourth-order valence-electron chi connectivity index (χ4n) is 3.67. The second kappa shape index (κ2) is 6.32. The predicted molar refractivity (Wildman–Crippen MR) is 91.0 cm³/mol. The summed E-state index contributed by atoms with van der Waals surface area (Å²) < 4.78 is 0.707. The molecule has 1 aromatic rings. The van der Waals surface area contributed by atoms with Gasteiger partial charge in [-0.15, -0.1) is 0 Å². The molecule has 3 rings (SSSR count). The molecule has 0 unspecified atom stereocenters. The van der Waals surface area contributed by atoms with Crippen molar-refractivity contribution in [3.63, 3.8) is 0 Å². The molecular weight excluding hydrogens is 384 g/mol. The van der Waals surface area contributed by atoms with E-state index in [1.807, 2.05) is 4.90 Å². The molecule has 1 N–H and O–H groups in total. The van der Waals surface area contributed by atoms with Gasteiger partial charge in [0.15, 0.2) is 0 Å². The quantitative estimate of drug-likeness (QED) is 0.777. The Morgan fingerprint density at radius 1 is 1.17 bits per heavy atom. The number of carbonyl (C=O) groups excluding carboxylic acids is 1. The van der Waals surface area contributed by atoms with E-state index >= 15 is 0 Å². The lowest BCUT2D eigenvalue weighted by atomic mass is 9.84. The van der Waals surface area contributed by atoms with Crippen molar-refractivity contribution in [2.24, 2.45) is 0 Å². The fraction of sp³-hybridized carbons (Fsp3) is 0.500. The zero-order chi connectivity index (χ0) is 16.6. The highest BCUT2D eigenvalue weighted by Crippen LogP contribution is 2.39. The molecule has 124 valence electrons. The van der Waals surface area contributed by atoms with Crippen molar-refractivity contribution >= 4 is 39.5 Å². The van der Waals surface area contributed by atoms with Crippen LogP contribution in [0.4, 0.5) is 4.79 Å². The van der Waals surface area contributed by atoms with Crippen LogP contribution in [0.3, 0.4) is 0 Å². The smallest absolute Gasteiger partial charge is 0.407 e. The van der Waals surface area contributed by atoms with Gasteiger partial charge >= 0.3 is 6.09 Å². The van der Waals surface area contributed by atoms with Crippen molar-refractivity contribution in [3.8, 4) is 0 Å².